The Morgan fingerprint density at radius 1 is 1.18 bits per heavy atom. The molecule has 0 spiro atoms. The van der Waals surface area contributed by atoms with E-state index < -0.39 is 15.8 Å². The molecule has 0 bridgehead atoms. The van der Waals surface area contributed by atoms with E-state index in [0.717, 1.165) is 38.1 Å². The first-order valence-electron chi connectivity index (χ1n) is 9.68. The molecule has 9 heteroatoms. The molecule has 0 radical (unpaired) electrons. The number of carbonyl (C=O) groups is 1. The van der Waals surface area contributed by atoms with E-state index in [9.17, 15) is 17.6 Å². The van der Waals surface area contributed by atoms with Crippen LogP contribution in [0.5, 0.6) is 0 Å². The minimum Gasteiger partial charge on any atom is -0.341 e. The Hall–Kier alpha value is -1.22. The highest BCUT2D eigenvalue weighted by atomic mass is 35.5. The zero-order valence-corrected chi connectivity index (χ0v) is 17.8. The Morgan fingerprint density at radius 3 is 2.46 bits per heavy atom. The fourth-order valence-corrected chi connectivity index (χ4v) is 5.43. The number of hydrogen-bond acceptors (Lipinski definition) is 4. The van der Waals surface area contributed by atoms with Gasteiger partial charge in [0.2, 0.25) is 15.9 Å². The third-order valence-corrected chi connectivity index (χ3v) is 7.67. The monoisotopic (exact) mass is 431 g/mol. The van der Waals surface area contributed by atoms with Crippen LogP contribution in [-0.2, 0) is 14.8 Å². The molecule has 0 aliphatic carbocycles. The summed E-state index contributed by atoms with van der Waals surface area (Å²) in [5.41, 5.74) is 0. The molecule has 1 aromatic rings. The smallest absolute Gasteiger partial charge is 0.243 e. The zero-order valence-electron chi connectivity index (χ0n) is 16.3. The van der Waals surface area contributed by atoms with E-state index in [2.05, 4.69) is 18.7 Å². The molecular weight excluding hydrogens is 405 g/mol. The van der Waals surface area contributed by atoms with Gasteiger partial charge in [0.05, 0.1) is 16.0 Å². The van der Waals surface area contributed by atoms with Gasteiger partial charge < -0.3 is 4.90 Å². The van der Waals surface area contributed by atoms with E-state index in [4.69, 9.17) is 11.6 Å². The topological polar surface area (TPSA) is 60.9 Å². The van der Waals surface area contributed by atoms with E-state index in [1.54, 1.807) is 0 Å². The van der Waals surface area contributed by atoms with Gasteiger partial charge in [0.15, 0.2) is 0 Å². The van der Waals surface area contributed by atoms with Gasteiger partial charge in [0.25, 0.3) is 0 Å². The number of benzene rings is 1. The van der Waals surface area contributed by atoms with E-state index in [-0.39, 0.29) is 21.9 Å². The van der Waals surface area contributed by atoms with Gasteiger partial charge in [-0.3, -0.25) is 9.69 Å². The van der Waals surface area contributed by atoms with Crippen molar-refractivity contribution in [2.75, 3.05) is 39.3 Å². The van der Waals surface area contributed by atoms with Gasteiger partial charge in [-0.15, -0.1) is 0 Å². The van der Waals surface area contributed by atoms with E-state index in [0.29, 0.717) is 32.1 Å². The third-order valence-electron chi connectivity index (χ3n) is 5.49. The lowest BCUT2D eigenvalue weighted by Gasteiger charge is -2.36. The van der Waals surface area contributed by atoms with Crippen LogP contribution in [0, 0.1) is 11.7 Å². The summed E-state index contributed by atoms with van der Waals surface area (Å²) in [5, 5.41) is -0.210. The second-order valence-electron chi connectivity index (χ2n) is 7.83. The standard InChI is InChI=1S/C19H27ClFN3O3S/c1-14(2)5-7-23-8-6-18(19(23)25)22-9-11-24(12-10-22)28(26,27)15-3-4-17(21)16(20)13-15/h3-4,13-14,18H,5-12H2,1-2H3. The number of carbonyl (C=O) groups excluding carboxylic acids is 1. The van der Waals surface area contributed by atoms with Crippen molar-refractivity contribution in [1.82, 2.24) is 14.1 Å². The molecule has 2 aliphatic rings. The summed E-state index contributed by atoms with van der Waals surface area (Å²) in [7, 11) is -3.73. The Morgan fingerprint density at radius 2 is 1.86 bits per heavy atom. The number of hydrogen-bond donors (Lipinski definition) is 0. The van der Waals surface area contributed by atoms with Gasteiger partial charge in [0, 0.05) is 39.3 Å². The van der Waals surface area contributed by atoms with Gasteiger partial charge in [-0.25, -0.2) is 12.8 Å². The highest BCUT2D eigenvalue weighted by molar-refractivity contribution is 7.89. The third kappa shape index (κ3) is 4.50. The molecule has 1 amide bonds. The van der Waals surface area contributed by atoms with E-state index >= 15 is 0 Å². The number of rotatable bonds is 6. The molecule has 1 aromatic carbocycles. The van der Waals surface area contributed by atoms with Crippen molar-refractivity contribution in [3.05, 3.63) is 29.0 Å². The van der Waals surface area contributed by atoms with Crippen LogP contribution in [0.25, 0.3) is 0 Å². The van der Waals surface area contributed by atoms with Gasteiger partial charge in [-0.1, -0.05) is 25.4 Å². The normalized spacial score (nSPS) is 22.4. The lowest BCUT2D eigenvalue weighted by Crippen LogP contribution is -2.53. The van der Waals surface area contributed by atoms with Gasteiger partial charge in [-0.05, 0) is 37.0 Å². The first-order chi connectivity index (χ1) is 13.2. The maximum absolute atomic E-state index is 13.3. The number of nitrogens with zero attached hydrogens (tertiary/aromatic N) is 3. The largest absolute Gasteiger partial charge is 0.341 e. The fraction of sp³-hybridized carbons (Fsp3) is 0.632. The van der Waals surface area contributed by atoms with Crippen molar-refractivity contribution in [1.29, 1.82) is 0 Å². The predicted octanol–water partition coefficient (Wildman–Crippen LogP) is 2.43. The van der Waals surface area contributed by atoms with Crippen molar-refractivity contribution in [2.45, 2.75) is 37.6 Å². The highest BCUT2D eigenvalue weighted by Gasteiger charge is 2.38. The van der Waals surface area contributed by atoms with Crippen LogP contribution in [0.1, 0.15) is 26.7 Å². The summed E-state index contributed by atoms with van der Waals surface area (Å²) in [4.78, 5) is 16.7. The van der Waals surface area contributed by atoms with Crippen molar-refractivity contribution in [2.24, 2.45) is 5.92 Å². The maximum Gasteiger partial charge on any atom is 0.243 e. The minimum atomic E-state index is -3.73. The Labute approximate surface area is 171 Å². The SMILES string of the molecule is CC(C)CCN1CCC(N2CCN(S(=O)(=O)c3ccc(F)c(Cl)c3)CC2)C1=O. The summed E-state index contributed by atoms with van der Waals surface area (Å²) in [6.07, 6.45) is 1.78. The molecule has 2 fully saturated rings. The Kier molecular flexibility index (Phi) is 6.64. The molecule has 28 heavy (non-hydrogen) atoms. The molecule has 2 saturated heterocycles. The summed E-state index contributed by atoms with van der Waals surface area (Å²) in [5.74, 6) is 0.0649. The molecule has 156 valence electrons. The summed E-state index contributed by atoms with van der Waals surface area (Å²) in [6.45, 7) is 7.44. The van der Waals surface area contributed by atoms with Crippen LogP contribution in [-0.4, -0.2) is 73.7 Å². The number of likely N-dealkylation sites (tertiary alicyclic amines) is 1. The van der Waals surface area contributed by atoms with Gasteiger partial charge in [0.1, 0.15) is 5.82 Å². The molecule has 0 aromatic heterocycles. The molecule has 1 unspecified atom stereocenters. The minimum absolute atomic E-state index is 0.0100. The molecule has 0 N–H and O–H groups in total. The van der Waals surface area contributed by atoms with Crippen LogP contribution in [0.2, 0.25) is 5.02 Å². The Balaban J connectivity index is 1.60. The van der Waals surface area contributed by atoms with Crippen LogP contribution < -0.4 is 0 Å². The van der Waals surface area contributed by atoms with E-state index in [1.807, 2.05) is 4.90 Å². The predicted molar refractivity (Wildman–Crippen MR) is 106 cm³/mol. The molecule has 0 saturated carbocycles. The first kappa shape index (κ1) is 21.5. The second kappa shape index (κ2) is 8.65. The van der Waals surface area contributed by atoms with Crippen LogP contribution in [0.4, 0.5) is 4.39 Å². The van der Waals surface area contributed by atoms with Crippen LogP contribution in [0.15, 0.2) is 23.1 Å². The number of halogens is 2. The molecule has 1 atom stereocenters. The van der Waals surface area contributed by atoms with Crippen LogP contribution in [0.3, 0.4) is 0 Å². The molecule has 2 aliphatic heterocycles. The molecule has 2 heterocycles. The molecule has 6 nitrogen and oxygen atoms in total. The summed E-state index contributed by atoms with van der Waals surface area (Å²) >= 11 is 5.73. The van der Waals surface area contributed by atoms with Crippen molar-refractivity contribution >= 4 is 27.5 Å². The van der Waals surface area contributed by atoms with Crippen molar-refractivity contribution < 1.29 is 17.6 Å². The zero-order chi connectivity index (χ0) is 20.5. The molecule has 3 rings (SSSR count). The second-order valence-corrected chi connectivity index (χ2v) is 10.2. The van der Waals surface area contributed by atoms with E-state index in [1.165, 1.54) is 10.4 Å². The average Bonchev–Trinajstić information content (AvgIpc) is 3.02. The number of piperazine rings is 1. The summed E-state index contributed by atoms with van der Waals surface area (Å²) in [6, 6.07) is 3.29. The fourth-order valence-electron chi connectivity index (χ4n) is 3.74. The van der Waals surface area contributed by atoms with Crippen molar-refractivity contribution in [3.63, 3.8) is 0 Å². The van der Waals surface area contributed by atoms with Gasteiger partial charge in [-0.2, -0.15) is 4.31 Å². The average molecular weight is 432 g/mol. The van der Waals surface area contributed by atoms with Crippen LogP contribution >= 0.6 is 11.6 Å². The quantitative estimate of drug-likeness (QED) is 0.694. The lowest BCUT2D eigenvalue weighted by molar-refractivity contribution is -0.132. The maximum atomic E-state index is 13.3. The highest BCUT2D eigenvalue weighted by Crippen LogP contribution is 2.25. The first-order valence-corrected chi connectivity index (χ1v) is 11.5. The lowest BCUT2D eigenvalue weighted by atomic mass is 10.1. The number of amides is 1. The van der Waals surface area contributed by atoms with Crippen molar-refractivity contribution in [3.8, 4) is 0 Å². The Bertz CT molecular complexity index is 826. The summed E-state index contributed by atoms with van der Waals surface area (Å²) < 4.78 is 40.3. The molecular formula is C19H27ClFN3O3S. The van der Waals surface area contributed by atoms with Gasteiger partial charge >= 0.3 is 0 Å². The number of sulfonamides is 1.